The Hall–Kier alpha value is -2.18. The highest BCUT2D eigenvalue weighted by Gasteiger charge is 2.19. The molecule has 120 valence electrons. The van der Waals surface area contributed by atoms with E-state index >= 15 is 0 Å². The lowest BCUT2D eigenvalue weighted by Crippen LogP contribution is -2.43. The van der Waals surface area contributed by atoms with Crippen LogP contribution in [-0.2, 0) is 0 Å². The second kappa shape index (κ2) is 6.52. The van der Waals surface area contributed by atoms with Gasteiger partial charge in [-0.25, -0.2) is 0 Å². The number of fused-ring (bicyclic) bond motifs is 1. The van der Waals surface area contributed by atoms with Crippen LogP contribution in [0, 0.1) is 6.92 Å². The Morgan fingerprint density at radius 3 is 2.70 bits per heavy atom. The van der Waals surface area contributed by atoms with E-state index in [9.17, 15) is 5.11 Å². The first-order valence-electron chi connectivity index (χ1n) is 7.56. The molecule has 0 radical (unpaired) electrons. The Morgan fingerprint density at radius 2 is 2.04 bits per heavy atom. The van der Waals surface area contributed by atoms with Gasteiger partial charge in [-0.15, -0.1) is 10.2 Å². The van der Waals surface area contributed by atoms with Crippen LogP contribution in [0.3, 0.4) is 0 Å². The molecule has 0 bridgehead atoms. The fourth-order valence-electron chi connectivity index (χ4n) is 2.76. The summed E-state index contributed by atoms with van der Waals surface area (Å²) in [6.45, 7) is 13.5. The van der Waals surface area contributed by atoms with Gasteiger partial charge in [0.1, 0.15) is 10.6 Å². The van der Waals surface area contributed by atoms with E-state index in [0.29, 0.717) is 11.3 Å². The van der Waals surface area contributed by atoms with Gasteiger partial charge in [-0.3, -0.25) is 0 Å². The molecule has 23 heavy (non-hydrogen) atoms. The quantitative estimate of drug-likeness (QED) is 0.667. The fraction of sp³-hybridized carbons (Fsp3) is 0.294. The third-order valence-electron chi connectivity index (χ3n) is 4.03. The number of aromatic nitrogens is 2. The van der Waals surface area contributed by atoms with Gasteiger partial charge in [-0.2, -0.15) is 0 Å². The average molecular weight is 328 g/mol. The Balaban J connectivity index is 2.08. The molecule has 0 aromatic carbocycles. The molecule has 3 heterocycles. The maximum absolute atomic E-state index is 9.93. The van der Waals surface area contributed by atoms with Crippen molar-refractivity contribution in [2.45, 2.75) is 6.92 Å². The predicted molar refractivity (Wildman–Crippen MR) is 97.2 cm³/mol. The van der Waals surface area contributed by atoms with Crippen molar-refractivity contribution in [2.75, 3.05) is 31.1 Å². The lowest BCUT2D eigenvalue weighted by Gasteiger charge is -2.28. The van der Waals surface area contributed by atoms with Gasteiger partial charge in [0.2, 0.25) is 0 Å². The summed E-state index contributed by atoms with van der Waals surface area (Å²) in [5.74, 6) is 0.0591. The number of aryl methyl sites for hydroxylation is 1. The number of hydrogen-bond donors (Lipinski definition) is 2. The van der Waals surface area contributed by atoms with Crippen molar-refractivity contribution >= 4 is 32.1 Å². The first-order chi connectivity index (χ1) is 11.2. The van der Waals surface area contributed by atoms with Gasteiger partial charge >= 0.3 is 0 Å². The van der Waals surface area contributed by atoms with Gasteiger partial charge in [0.05, 0.1) is 10.7 Å². The minimum Gasteiger partial charge on any atom is -0.507 e. The highest BCUT2D eigenvalue weighted by atomic mass is 32.1. The van der Waals surface area contributed by atoms with Crippen LogP contribution in [0.4, 0.5) is 5.00 Å². The van der Waals surface area contributed by atoms with Crippen LogP contribution in [0.2, 0.25) is 0 Å². The van der Waals surface area contributed by atoms with E-state index in [1.807, 2.05) is 6.07 Å². The summed E-state index contributed by atoms with van der Waals surface area (Å²) in [6, 6.07) is 1.97. The van der Waals surface area contributed by atoms with Crippen molar-refractivity contribution in [1.82, 2.24) is 15.5 Å². The normalized spacial score (nSPS) is 16.3. The van der Waals surface area contributed by atoms with Crippen molar-refractivity contribution in [3.05, 3.63) is 48.4 Å². The zero-order chi connectivity index (χ0) is 16.4. The molecule has 2 N–H and O–H groups in total. The Labute approximate surface area is 139 Å². The molecular weight excluding hydrogens is 308 g/mol. The molecular formula is C17H20N4OS. The monoisotopic (exact) mass is 328 g/mol. The van der Waals surface area contributed by atoms with Crippen molar-refractivity contribution in [3.8, 4) is 0 Å². The lowest BCUT2D eigenvalue weighted by molar-refractivity contribution is 0.436. The van der Waals surface area contributed by atoms with Crippen LogP contribution in [-0.4, -0.2) is 41.5 Å². The molecule has 0 unspecified atom stereocenters. The maximum atomic E-state index is 9.93. The highest BCUT2D eigenvalue weighted by Crippen LogP contribution is 2.37. The number of nitrogens with one attached hydrogen (secondary N) is 1. The number of aliphatic hydroxyl groups is 1. The Morgan fingerprint density at radius 1 is 1.30 bits per heavy atom. The van der Waals surface area contributed by atoms with E-state index in [-0.39, 0.29) is 5.76 Å². The average Bonchev–Trinajstić information content (AvgIpc) is 2.93. The van der Waals surface area contributed by atoms with E-state index in [2.05, 4.69) is 40.5 Å². The van der Waals surface area contributed by atoms with Crippen molar-refractivity contribution in [2.24, 2.45) is 0 Å². The Kier molecular flexibility index (Phi) is 4.45. The third-order valence-corrected chi connectivity index (χ3v) is 5.28. The van der Waals surface area contributed by atoms with E-state index in [1.165, 1.54) is 16.6 Å². The molecule has 2 aromatic rings. The zero-order valence-corrected chi connectivity index (χ0v) is 14.0. The molecule has 1 aliphatic heterocycles. The summed E-state index contributed by atoms with van der Waals surface area (Å²) in [5.41, 5.74) is 2.37. The van der Waals surface area contributed by atoms with Gasteiger partial charge in [0, 0.05) is 37.1 Å². The summed E-state index contributed by atoms with van der Waals surface area (Å²) in [6.07, 6.45) is 2.96. The largest absolute Gasteiger partial charge is 0.507 e. The SMILES string of the molecule is C=C/C(O)=C(\C=C)c1cc2c(C)c(N3CCNCC3)sc2nn1. The van der Waals surface area contributed by atoms with E-state index in [1.54, 1.807) is 17.4 Å². The molecule has 0 saturated carbocycles. The molecule has 6 heteroatoms. The fourth-order valence-corrected chi connectivity index (χ4v) is 3.92. The van der Waals surface area contributed by atoms with Crippen LogP contribution >= 0.6 is 11.3 Å². The van der Waals surface area contributed by atoms with Crippen LogP contribution in [0.5, 0.6) is 0 Å². The lowest BCUT2D eigenvalue weighted by atomic mass is 10.1. The molecule has 0 atom stereocenters. The van der Waals surface area contributed by atoms with Crippen molar-refractivity contribution < 1.29 is 5.11 Å². The van der Waals surface area contributed by atoms with Crippen molar-refractivity contribution in [3.63, 3.8) is 0 Å². The van der Waals surface area contributed by atoms with E-state index in [0.717, 1.165) is 36.4 Å². The van der Waals surface area contributed by atoms with Gasteiger partial charge < -0.3 is 15.3 Å². The maximum Gasteiger partial charge on any atom is 0.148 e. The summed E-state index contributed by atoms with van der Waals surface area (Å²) >= 11 is 1.67. The van der Waals surface area contributed by atoms with Crippen LogP contribution in [0.1, 0.15) is 11.3 Å². The van der Waals surface area contributed by atoms with Gasteiger partial charge in [0.15, 0.2) is 0 Å². The molecule has 0 spiro atoms. The number of hydrogen-bond acceptors (Lipinski definition) is 6. The Bertz CT molecular complexity index is 787. The summed E-state index contributed by atoms with van der Waals surface area (Å²) in [4.78, 5) is 3.31. The predicted octanol–water partition coefficient (Wildman–Crippen LogP) is 3.05. The van der Waals surface area contributed by atoms with Crippen LogP contribution < -0.4 is 10.2 Å². The topological polar surface area (TPSA) is 61.3 Å². The van der Waals surface area contributed by atoms with E-state index in [4.69, 9.17) is 0 Å². The summed E-state index contributed by atoms with van der Waals surface area (Å²) in [7, 11) is 0. The minimum atomic E-state index is 0.0591. The first kappa shape index (κ1) is 15.7. The highest BCUT2D eigenvalue weighted by molar-refractivity contribution is 7.22. The second-order valence-corrected chi connectivity index (χ2v) is 6.40. The van der Waals surface area contributed by atoms with Gasteiger partial charge in [0.25, 0.3) is 0 Å². The summed E-state index contributed by atoms with van der Waals surface area (Å²) in [5, 5.41) is 24.2. The number of allylic oxidation sites excluding steroid dienone is 3. The number of aliphatic hydroxyl groups excluding tert-OH is 1. The molecule has 0 amide bonds. The van der Waals surface area contributed by atoms with Gasteiger partial charge in [-0.1, -0.05) is 30.6 Å². The standard InChI is InChI=1S/C17H20N4OS/c1-4-12(15(22)5-2)14-10-13-11(3)17(23-16(13)20-19-14)21-8-6-18-7-9-21/h4-5,10,18,22H,1-2,6-9H2,3H3/b15-12-. The number of piperazine rings is 1. The molecule has 5 nitrogen and oxygen atoms in total. The molecule has 3 rings (SSSR count). The van der Waals surface area contributed by atoms with Crippen LogP contribution in [0.25, 0.3) is 15.8 Å². The molecule has 1 fully saturated rings. The number of rotatable bonds is 4. The molecule has 1 aliphatic rings. The summed E-state index contributed by atoms with van der Waals surface area (Å²) < 4.78 is 0. The number of anilines is 1. The third kappa shape index (κ3) is 2.87. The smallest absolute Gasteiger partial charge is 0.148 e. The minimum absolute atomic E-state index is 0.0591. The van der Waals surface area contributed by atoms with Gasteiger partial charge in [-0.05, 0) is 24.6 Å². The van der Waals surface area contributed by atoms with E-state index < -0.39 is 0 Å². The second-order valence-electron chi connectivity index (χ2n) is 5.42. The zero-order valence-electron chi connectivity index (χ0n) is 13.2. The number of thiophene rings is 1. The van der Waals surface area contributed by atoms with Crippen LogP contribution in [0.15, 0.2) is 37.1 Å². The molecule has 1 saturated heterocycles. The number of nitrogens with zero attached hydrogens (tertiary/aromatic N) is 3. The molecule has 0 aliphatic carbocycles. The first-order valence-corrected chi connectivity index (χ1v) is 8.38. The molecule has 2 aromatic heterocycles. The van der Waals surface area contributed by atoms with Crippen molar-refractivity contribution in [1.29, 1.82) is 0 Å².